The zero-order valence-corrected chi connectivity index (χ0v) is 5.96. The Hall–Kier alpha value is 0.650. The molecule has 2 nitrogen and oxygen atoms in total. The highest BCUT2D eigenvalue weighted by molar-refractivity contribution is 14.1. The fraction of sp³-hybridized carbons (Fsp3) is 1.00. The van der Waals surface area contributed by atoms with E-state index in [9.17, 15) is 0 Å². The van der Waals surface area contributed by atoms with Crippen LogP contribution in [0.4, 0.5) is 0 Å². The number of alkyl halides is 1. The fourth-order valence-corrected chi connectivity index (χ4v) is 1.01. The molecule has 0 aliphatic carbocycles. The lowest BCUT2D eigenvalue weighted by molar-refractivity contribution is -0.0541. The molecule has 0 aromatic rings. The molecule has 1 aliphatic heterocycles. The third-order valence-electron chi connectivity index (χ3n) is 0.992. The van der Waals surface area contributed by atoms with E-state index in [0.717, 1.165) is 13.0 Å². The lowest BCUT2D eigenvalue weighted by atomic mass is 10.4. The topological polar surface area (TPSA) is 29.5 Å². The van der Waals surface area contributed by atoms with Gasteiger partial charge in [-0.2, -0.15) is 0 Å². The van der Waals surface area contributed by atoms with Crippen molar-refractivity contribution < 1.29 is 9.84 Å². The SMILES string of the molecule is OC1OCCC1I. The van der Waals surface area contributed by atoms with Crippen molar-refractivity contribution in [2.75, 3.05) is 6.61 Å². The quantitative estimate of drug-likeness (QED) is 0.470. The van der Waals surface area contributed by atoms with Gasteiger partial charge in [-0.15, -0.1) is 0 Å². The summed E-state index contributed by atoms with van der Waals surface area (Å²) < 4.78 is 5.13. The van der Waals surface area contributed by atoms with Crippen LogP contribution in [0.3, 0.4) is 0 Å². The van der Waals surface area contributed by atoms with Gasteiger partial charge in [0.05, 0.1) is 10.5 Å². The summed E-state index contributed by atoms with van der Waals surface area (Å²) in [4.78, 5) is 0. The average molecular weight is 214 g/mol. The highest BCUT2D eigenvalue weighted by atomic mass is 127. The van der Waals surface area contributed by atoms with Crippen LogP contribution in [0.1, 0.15) is 6.42 Å². The molecular formula is C4H7IO2. The summed E-state index contributed by atoms with van der Waals surface area (Å²) in [6.45, 7) is 0.717. The molecule has 0 saturated carbocycles. The van der Waals surface area contributed by atoms with Crippen LogP contribution in [0.15, 0.2) is 0 Å². The second kappa shape index (κ2) is 2.28. The first-order chi connectivity index (χ1) is 3.30. The van der Waals surface area contributed by atoms with Gasteiger partial charge in [0.25, 0.3) is 0 Å². The van der Waals surface area contributed by atoms with Crippen molar-refractivity contribution in [3.05, 3.63) is 0 Å². The smallest absolute Gasteiger partial charge is 0.166 e. The number of hydrogen-bond donors (Lipinski definition) is 1. The van der Waals surface area contributed by atoms with E-state index < -0.39 is 6.29 Å². The Morgan fingerprint density at radius 2 is 2.43 bits per heavy atom. The summed E-state index contributed by atoms with van der Waals surface area (Å²) in [5.74, 6) is 0. The van der Waals surface area contributed by atoms with E-state index in [1.165, 1.54) is 0 Å². The Balaban J connectivity index is 2.33. The second-order valence-electron chi connectivity index (χ2n) is 1.57. The normalized spacial score (nSPS) is 42.0. The molecule has 2 unspecified atom stereocenters. The maximum absolute atomic E-state index is 8.77. The summed E-state index contributed by atoms with van der Waals surface area (Å²) in [6.07, 6.45) is 0.488. The maximum Gasteiger partial charge on any atom is 0.166 e. The molecular weight excluding hydrogens is 207 g/mol. The number of aliphatic hydroxyl groups is 1. The first-order valence-corrected chi connectivity index (χ1v) is 3.49. The highest BCUT2D eigenvalue weighted by Crippen LogP contribution is 2.18. The minimum Gasteiger partial charge on any atom is -0.367 e. The van der Waals surface area contributed by atoms with Gasteiger partial charge in [-0.25, -0.2) is 0 Å². The van der Waals surface area contributed by atoms with E-state index in [0.29, 0.717) is 3.92 Å². The largest absolute Gasteiger partial charge is 0.367 e. The molecule has 0 aromatic heterocycles. The van der Waals surface area contributed by atoms with Crippen LogP contribution in [0.25, 0.3) is 0 Å². The zero-order chi connectivity index (χ0) is 5.28. The predicted molar refractivity (Wildman–Crippen MR) is 34.4 cm³/mol. The lowest BCUT2D eigenvalue weighted by Crippen LogP contribution is -2.12. The standard InChI is InChI=1S/C4H7IO2/c5-3-1-2-7-4(3)6/h3-4,6H,1-2H2. The number of halogens is 1. The van der Waals surface area contributed by atoms with Gasteiger partial charge >= 0.3 is 0 Å². The van der Waals surface area contributed by atoms with Crippen molar-refractivity contribution in [1.29, 1.82) is 0 Å². The molecule has 0 aromatic carbocycles. The van der Waals surface area contributed by atoms with Crippen LogP contribution in [-0.2, 0) is 4.74 Å². The van der Waals surface area contributed by atoms with Gasteiger partial charge in [0.2, 0.25) is 0 Å². The third-order valence-corrected chi connectivity index (χ3v) is 2.23. The van der Waals surface area contributed by atoms with E-state index in [1.807, 2.05) is 0 Å². The van der Waals surface area contributed by atoms with Gasteiger partial charge in [-0.05, 0) is 6.42 Å². The Kier molecular flexibility index (Phi) is 1.88. The molecule has 1 fully saturated rings. The van der Waals surface area contributed by atoms with Crippen LogP contribution >= 0.6 is 22.6 Å². The molecule has 7 heavy (non-hydrogen) atoms. The maximum atomic E-state index is 8.77. The molecule has 2 atom stereocenters. The molecule has 0 bridgehead atoms. The van der Waals surface area contributed by atoms with Crippen molar-refractivity contribution in [2.45, 2.75) is 16.6 Å². The number of ether oxygens (including phenoxy) is 1. The van der Waals surface area contributed by atoms with Gasteiger partial charge in [0, 0.05) is 0 Å². The summed E-state index contributed by atoms with van der Waals surface area (Å²) >= 11 is 2.18. The van der Waals surface area contributed by atoms with E-state index in [2.05, 4.69) is 22.6 Å². The molecule has 0 amide bonds. The summed E-state index contributed by atoms with van der Waals surface area (Å²) in [7, 11) is 0. The van der Waals surface area contributed by atoms with Crippen molar-refractivity contribution in [1.82, 2.24) is 0 Å². The zero-order valence-electron chi connectivity index (χ0n) is 3.80. The van der Waals surface area contributed by atoms with Gasteiger partial charge in [-0.1, -0.05) is 22.6 Å². The molecule has 1 saturated heterocycles. The third kappa shape index (κ3) is 1.27. The predicted octanol–water partition coefficient (Wildman–Crippen LogP) is 0.529. The molecule has 1 N–H and O–H groups in total. The number of hydrogen-bond acceptors (Lipinski definition) is 2. The van der Waals surface area contributed by atoms with Crippen molar-refractivity contribution in [3.8, 4) is 0 Å². The highest BCUT2D eigenvalue weighted by Gasteiger charge is 2.22. The second-order valence-corrected chi connectivity index (χ2v) is 3.17. The molecule has 0 spiro atoms. The lowest BCUT2D eigenvalue weighted by Gasteiger charge is -2.01. The van der Waals surface area contributed by atoms with Crippen molar-refractivity contribution in [3.63, 3.8) is 0 Å². The van der Waals surface area contributed by atoms with E-state index >= 15 is 0 Å². The van der Waals surface area contributed by atoms with Crippen LogP contribution in [-0.4, -0.2) is 21.9 Å². The Morgan fingerprint density at radius 3 is 2.57 bits per heavy atom. The minimum atomic E-state index is -0.499. The molecule has 42 valence electrons. The van der Waals surface area contributed by atoms with Crippen LogP contribution in [0, 0.1) is 0 Å². The summed E-state index contributed by atoms with van der Waals surface area (Å²) in [5, 5.41) is 8.77. The molecule has 0 radical (unpaired) electrons. The van der Waals surface area contributed by atoms with E-state index in [1.54, 1.807) is 0 Å². The molecule has 1 heterocycles. The Labute approximate surface area is 56.0 Å². The summed E-state index contributed by atoms with van der Waals surface area (Å²) in [6, 6.07) is 0. The van der Waals surface area contributed by atoms with Crippen molar-refractivity contribution in [2.24, 2.45) is 0 Å². The molecule has 3 heteroatoms. The Morgan fingerprint density at radius 1 is 1.71 bits per heavy atom. The first-order valence-electron chi connectivity index (χ1n) is 2.24. The summed E-state index contributed by atoms with van der Waals surface area (Å²) in [5.41, 5.74) is 0. The molecule has 1 rings (SSSR count). The van der Waals surface area contributed by atoms with E-state index in [-0.39, 0.29) is 0 Å². The van der Waals surface area contributed by atoms with Gasteiger partial charge in [0.1, 0.15) is 0 Å². The fourth-order valence-electron chi connectivity index (χ4n) is 0.548. The van der Waals surface area contributed by atoms with Gasteiger partial charge in [-0.3, -0.25) is 0 Å². The van der Waals surface area contributed by atoms with Gasteiger partial charge < -0.3 is 9.84 Å². The van der Waals surface area contributed by atoms with Crippen molar-refractivity contribution >= 4 is 22.6 Å². The average Bonchev–Trinajstić information content (AvgIpc) is 1.91. The van der Waals surface area contributed by atoms with Crippen LogP contribution in [0.2, 0.25) is 0 Å². The number of aliphatic hydroxyl groups excluding tert-OH is 1. The van der Waals surface area contributed by atoms with Gasteiger partial charge in [0.15, 0.2) is 6.29 Å². The Bertz CT molecular complexity index is 58.7. The first kappa shape index (κ1) is 5.78. The monoisotopic (exact) mass is 214 g/mol. The van der Waals surface area contributed by atoms with Crippen LogP contribution in [0.5, 0.6) is 0 Å². The van der Waals surface area contributed by atoms with E-state index in [4.69, 9.17) is 9.84 Å². The molecule has 1 aliphatic rings. The number of rotatable bonds is 0. The minimum absolute atomic E-state index is 0.317. The van der Waals surface area contributed by atoms with Crippen LogP contribution < -0.4 is 0 Å².